The number of carbonyl (C=O) groups is 1. The van der Waals surface area contributed by atoms with E-state index in [1.165, 1.54) is 0 Å². The van der Waals surface area contributed by atoms with Crippen LogP contribution in [-0.4, -0.2) is 10.9 Å². The van der Waals surface area contributed by atoms with Gasteiger partial charge in [0.15, 0.2) is 6.29 Å². The molecule has 1 rings (SSSR count). The van der Waals surface area contributed by atoms with E-state index >= 15 is 0 Å². The van der Waals surface area contributed by atoms with Crippen LogP contribution >= 0.6 is 0 Å². The summed E-state index contributed by atoms with van der Waals surface area (Å²) in [6.07, 6.45) is 4.01. The molecule has 1 heterocycles. The van der Waals surface area contributed by atoms with Gasteiger partial charge in [0, 0.05) is 12.7 Å². The first-order valence-electron chi connectivity index (χ1n) is 4.38. The van der Waals surface area contributed by atoms with Crippen LogP contribution in [0.15, 0.2) is 18.3 Å². The van der Waals surface area contributed by atoms with Gasteiger partial charge in [0.1, 0.15) is 0 Å². The SMILES string of the molecule is CC[C@@H](C)Cn1cccc1C=O. The first-order chi connectivity index (χ1) is 5.77. The van der Waals surface area contributed by atoms with Crippen LogP contribution in [0, 0.1) is 5.92 Å². The Balaban J connectivity index is 2.67. The Hall–Kier alpha value is -1.05. The molecule has 1 aromatic rings. The minimum Gasteiger partial charge on any atom is -0.345 e. The number of aromatic nitrogens is 1. The zero-order chi connectivity index (χ0) is 8.97. The molecule has 12 heavy (non-hydrogen) atoms. The first kappa shape index (κ1) is 9.04. The number of hydrogen-bond donors (Lipinski definition) is 0. The van der Waals surface area contributed by atoms with Crippen LogP contribution in [0.4, 0.5) is 0 Å². The highest BCUT2D eigenvalue weighted by molar-refractivity contribution is 5.72. The molecule has 0 aliphatic rings. The molecule has 2 heteroatoms. The van der Waals surface area contributed by atoms with Gasteiger partial charge in [-0.3, -0.25) is 4.79 Å². The Bertz CT molecular complexity index is 252. The van der Waals surface area contributed by atoms with E-state index in [0.29, 0.717) is 5.92 Å². The number of hydrogen-bond acceptors (Lipinski definition) is 1. The number of nitrogens with zero attached hydrogens (tertiary/aromatic N) is 1. The molecule has 0 radical (unpaired) electrons. The van der Waals surface area contributed by atoms with Crippen LogP contribution in [0.5, 0.6) is 0 Å². The predicted molar refractivity (Wildman–Crippen MR) is 49.3 cm³/mol. The molecular formula is C10H15NO. The van der Waals surface area contributed by atoms with E-state index in [4.69, 9.17) is 0 Å². The van der Waals surface area contributed by atoms with E-state index in [-0.39, 0.29) is 0 Å². The van der Waals surface area contributed by atoms with E-state index in [0.717, 1.165) is 24.9 Å². The maximum Gasteiger partial charge on any atom is 0.166 e. The summed E-state index contributed by atoms with van der Waals surface area (Å²) in [5.41, 5.74) is 0.773. The second-order valence-corrected chi connectivity index (χ2v) is 3.22. The highest BCUT2D eigenvalue weighted by Crippen LogP contribution is 2.07. The Morgan fingerprint density at radius 3 is 3.00 bits per heavy atom. The molecular weight excluding hydrogens is 150 g/mol. The monoisotopic (exact) mass is 165 g/mol. The molecule has 0 aliphatic heterocycles. The second-order valence-electron chi connectivity index (χ2n) is 3.22. The molecule has 0 N–H and O–H groups in total. The van der Waals surface area contributed by atoms with Gasteiger partial charge in [-0.1, -0.05) is 20.3 Å². The quantitative estimate of drug-likeness (QED) is 0.628. The molecule has 0 unspecified atom stereocenters. The van der Waals surface area contributed by atoms with Gasteiger partial charge < -0.3 is 4.57 Å². The van der Waals surface area contributed by atoms with Gasteiger partial charge in [-0.2, -0.15) is 0 Å². The molecule has 0 bridgehead atoms. The van der Waals surface area contributed by atoms with Crippen molar-refractivity contribution in [3.8, 4) is 0 Å². The molecule has 66 valence electrons. The van der Waals surface area contributed by atoms with Gasteiger partial charge in [-0.15, -0.1) is 0 Å². The number of carbonyl (C=O) groups excluding carboxylic acids is 1. The number of aldehydes is 1. The number of rotatable bonds is 4. The highest BCUT2D eigenvalue weighted by Gasteiger charge is 2.02. The lowest BCUT2D eigenvalue weighted by Crippen LogP contribution is -2.08. The second kappa shape index (κ2) is 4.10. The lowest BCUT2D eigenvalue weighted by molar-refractivity contribution is 0.111. The maximum absolute atomic E-state index is 10.5. The smallest absolute Gasteiger partial charge is 0.166 e. The van der Waals surface area contributed by atoms with Crippen molar-refractivity contribution in [2.24, 2.45) is 5.92 Å². The van der Waals surface area contributed by atoms with Gasteiger partial charge in [0.25, 0.3) is 0 Å². The van der Waals surface area contributed by atoms with Gasteiger partial charge in [0.2, 0.25) is 0 Å². The molecule has 0 spiro atoms. The van der Waals surface area contributed by atoms with Crippen molar-refractivity contribution in [1.82, 2.24) is 4.57 Å². The van der Waals surface area contributed by atoms with Crippen LogP contribution in [-0.2, 0) is 6.54 Å². The summed E-state index contributed by atoms with van der Waals surface area (Å²) in [5, 5.41) is 0. The Morgan fingerprint density at radius 1 is 1.67 bits per heavy atom. The normalized spacial score (nSPS) is 12.8. The average molecular weight is 165 g/mol. The van der Waals surface area contributed by atoms with Gasteiger partial charge in [0.05, 0.1) is 5.69 Å². The minimum absolute atomic E-state index is 0.635. The van der Waals surface area contributed by atoms with E-state index in [9.17, 15) is 4.79 Å². The fourth-order valence-corrected chi connectivity index (χ4v) is 1.17. The lowest BCUT2D eigenvalue weighted by atomic mass is 10.1. The summed E-state index contributed by atoms with van der Waals surface area (Å²) < 4.78 is 2.00. The molecule has 0 amide bonds. The molecule has 0 aromatic carbocycles. The zero-order valence-electron chi connectivity index (χ0n) is 7.66. The molecule has 1 aromatic heterocycles. The predicted octanol–water partition coefficient (Wildman–Crippen LogP) is 2.35. The summed E-state index contributed by atoms with van der Waals surface area (Å²) in [7, 11) is 0. The van der Waals surface area contributed by atoms with E-state index in [2.05, 4.69) is 13.8 Å². The third-order valence-corrected chi connectivity index (χ3v) is 2.19. The fraction of sp³-hybridized carbons (Fsp3) is 0.500. The standard InChI is InChI=1S/C10H15NO/c1-3-9(2)7-11-6-4-5-10(11)8-12/h4-6,8-9H,3,7H2,1-2H3/t9-/m1/s1. The first-order valence-corrected chi connectivity index (χ1v) is 4.38. The molecule has 0 aliphatic carbocycles. The summed E-state index contributed by atoms with van der Waals surface area (Å²) in [6, 6.07) is 3.75. The molecule has 2 nitrogen and oxygen atoms in total. The molecule has 0 saturated carbocycles. The molecule has 1 atom stereocenters. The summed E-state index contributed by atoms with van der Waals surface area (Å²) in [6.45, 7) is 5.29. The van der Waals surface area contributed by atoms with Crippen LogP contribution < -0.4 is 0 Å². The van der Waals surface area contributed by atoms with E-state index in [1.54, 1.807) is 0 Å². The van der Waals surface area contributed by atoms with Crippen molar-refractivity contribution in [3.63, 3.8) is 0 Å². The van der Waals surface area contributed by atoms with E-state index < -0.39 is 0 Å². The molecule has 0 saturated heterocycles. The van der Waals surface area contributed by atoms with Crippen molar-refractivity contribution < 1.29 is 4.79 Å². The largest absolute Gasteiger partial charge is 0.345 e. The van der Waals surface area contributed by atoms with Gasteiger partial charge in [-0.05, 0) is 18.1 Å². The Kier molecular flexibility index (Phi) is 3.09. The Morgan fingerprint density at radius 2 is 2.42 bits per heavy atom. The zero-order valence-corrected chi connectivity index (χ0v) is 7.66. The summed E-state index contributed by atoms with van der Waals surface area (Å²) in [4.78, 5) is 10.5. The van der Waals surface area contributed by atoms with Crippen molar-refractivity contribution in [3.05, 3.63) is 24.0 Å². The van der Waals surface area contributed by atoms with Crippen molar-refractivity contribution in [1.29, 1.82) is 0 Å². The lowest BCUT2D eigenvalue weighted by Gasteiger charge is -2.10. The fourth-order valence-electron chi connectivity index (χ4n) is 1.17. The Labute approximate surface area is 73.2 Å². The summed E-state index contributed by atoms with van der Waals surface area (Å²) in [5.74, 6) is 0.635. The third kappa shape index (κ3) is 1.97. The van der Waals surface area contributed by atoms with Crippen molar-refractivity contribution in [2.45, 2.75) is 26.8 Å². The van der Waals surface area contributed by atoms with Crippen LogP contribution in [0.25, 0.3) is 0 Å². The van der Waals surface area contributed by atoms with Crippen molar-refractivity contribution >= 4 is 6.29 Å². The molecule has 0 fully saturated rings. The van der Waals surface area contributed by atoms with Gasteiger partial charge >= 0.3 is 0 Å². The van der Waals surface area contributed by atoms with Crippen LogP contribution in [0.1, 0.15) is 30.8 Å². The maximum atomic E-state index is 10.5. The third-order valence-electron chi connectivity index (χ3n) is 2.19. The summed E-state index contributed by atoms with van der Waals surface area (Å²) >= 11 is 0. The highest BCUT2D eigenvalue weighted by atomic mass is 16.1. The topological polar surface area (TPSA) is 22.0 Å². The minimum atomic E-state index is 0.635. The van der Waals surface area contributed by atoms with E-state index in [1.807, 2.05) is 22.9 Å². The van der Waals surface area contributed by atoms with Gasteiger partial charge in [-0.25, -0.2) is 0 Å². The van der Waals surface area contributed by atoms with Crippen LogP contribution in [0.2, 0.25) is 0 Å². The van der Waals surface area contributed by atoms with Crippen LogP contribution in [0.3, 0.4) is 0 Å². The van der Waals surface area contributed by atoms with Crippen molar-refractivity contribution in [2.75, 3.05) is 0 Å². The average Bonchev–Trinajstić information content (AvgIpc) is 2.51.